The van der Waals surface area contributed by atoms with Crippen molar-refractivity contribution in [2.75, 3.05) is 11.9 Å². The van der Waals surface area contributed by atoms with Crippen LogP contribution < -0.4 is 4.90 Å². The molecule has 0 spiro atoms. The molecule has 0 amide bonds. The first-order valence-corrected chi connectivity index (χ1v) is 21.1. The third-order valence-corrected chi connectivity index (χ3v) is 12.8. The predicted octanol–water partition coefficient (Wildman–Crippen LogP) is 13.3. The second-order valence-corrected chi connectivity index (χ2v) is 16.1. The highest BCUT2D eigenvalue weighted by atomic mass is 15.4. The second kappa shape index (κ2) is 14.2. The second-order valence-electron chi connectivity index (χ2n) is 16.1. The fourth-order valence-electron chi connectivity index (χ4n) is 10.3. The summed E-state index contributed by atoms with van der Waals surface area (Å²) in [7, 11) is 2.14. The standard InChI is InChI=1S/C56H41N5/c1-59-55(38-22-8-3-9-23-38)57-54(37-20-6-2-7-21-37)58-56(59)61-49-35-34-41(60(39-24-10-4-11-25-39)40-26-12-5-13-27-40)36-48(49)52-51(46-32-18-19-33-47(46)53(52)61)50-44-30-16-14-28-42(44)43-29-15-17-31-45(43)50/h2-36,50-51,56H,1H3. The van der Waals surface area contributed by atoms with Crippen molar-refractivity contribution >= 4 is 39.6 Å². The zero-order chi connectivity index (χ0) is 40.4. The summed E-state index contributed by atoms with van der Waals surface area (Å²) in [6.07, 6.45) is -0.436. The van der Waals surface area contributed by atoms with Gasteiger partial charge in [-0.3, -0.25) is 0 Å². The van der Waals surface area contributed by atoms with Gasteiger partial charge in [-0.2, -0.15) is 0 Å². The molecule has 5 heteroatoms. The quantitative estimate of drug-likeness (QED) is 0.161. The number of nitrogens with zero attached hydrogens (tertiary/aromatic N) is 5. The summed E-state index contributed by atoms with van der Waals surface area (Å²) in [5.41, 5.74) is 17.0. The van der Waals surface area contributed by atoms with E-state index in [4.69, 9.17) is 9.98 Å². The van der Waals surface area contributed by atoms with Crippen LogP contribution in [0.1, 0.15) is 51.5 Å². The van der Waals surface area contributed by atoms with Gasteiger partial charge in [0.1, 0.15) is 5.84 Å². The van der Waals surface area contributed by atoms with Crippen LogP contribution in [0.4, 0.5) is 17.1 Å². The monoisotopic (exact) mass is 783 g/mol. The van der Waals surface area contributed by atoms with Crippen molar-refractivity contribution in [1.82, 2.24) is 9.47 Å². The lowest BCUT2D eigenvalue weighted by atomic mass is 9.78. The molecule has 3 aliphatic rings. The average molecular weight is 784 g/mol. The Balaban J connectivity index is 1.16. The maximum absolute atomic E-state index is 5.61. The summed E-state index contributed by atoms with van der Waals surface area (Å²) in [6.45, 7) is 0. The van der Waals surface area contributed by atoms with Gasteiger partial charge in [0, 0.05) is 58.0 Å². The van der Waals surface area contributed by atoms with E-state index in [9.17, 15) is 0 Å². The molecule has 12 rings (SSSR count). The fourth-order valence-corrected chi connectivity index (χ4v) is 10.3. The van der Waals surface area contributed by atoms with E-state index in [0.29, 0.717) is 0 Å². The minimum absolute atomic E-state index is 0.0469. The molecule has 2 aliphatic carbocycles. The molecule has 2 atom stereocenters. The van der Waals surface area contributed by atoms with Crippen LogP contribution in [0.2, 0.25) is 0 Å². The van der Waals surface area contributed by atoms with Gasteiger partial charge in [-0.25, -0.2) is 9.98 Å². The lowest BCUT2D eigenvalue weighted by molar-refractivity contribution is 0.293. The zero-order valence-electron chi connectivity index (χ0n) is 33.7. The van der Waals surface area contributed by atoms with Crippen LogP contribution in [0.15, 0.2) is 222 Å². The number of rotatable bonds is 7. The van der Waals surface area contributed by atoms with E-state index in [1.54, 1.807) is 0 Å². The first kappa shape index (κ1) is 35.2. The Labute approximate surface area is 355 Å². The van der Waals surface area contributed by atoms with Gasteiger partial charge < -0.3 is 14.4 Å². The molecular weight excluding hydrogens is 743 g/mol. The Hall–Kier alpha value is -7.76. The summed E-state index contributed by atoms with van der Waals surface area (Å²) < 4.78 is 2.51. The minimum atomic E-state index is -0.436. The molecule has 0 saturated carbocycles. The molecule has 5 nitrogen and oxygen atoms in total. The third kappa shape index (κ3) is 5.54. The molecule has 0 fully saturated rings. The van der Waals surface area contributed by atoms with Gasteiger partial charge in [0.25, 0.3) is 0 Å². The molecule has 0 bridgehead atoms. The Kier molecular flexibility index (Phi) is 8.20. The molecule has 2 heterocycles. The lowest BCUT2D eigenvalue weighted by Gasteiger charge is -2.34. The highest BCUT2D eigenvalue weighted by Gasteiger charge is 2.45. The molecule has 2 unspecified atom stereocenters. The van der Waals surface area contributed by atoms with E-state index in [0.717, 1.165) is 45.4 Å². The van der Waals surface area contributed by atoms with E-state index >= 15 is 0 Å². The molecular formula is C56H41N5. The lowest BCUT2D eigenvalue weighted by Crippen LogP contribution is -2.38. The van der Waals surface area contributed by atoms with Crippen molar-refractivity contribution in [3.05, 3.63) is 246 Å². The van der Waals surface area contributed by atoms with Crippen molar-refractivity contribution < 1.29 is 0 Å². The van der Waals surface area contributed by atoms with Gasteiger partial charge >= 0.3 is 0 Å². The van der Waals surface area contributed by atoms with Gasteiger partial charge in [0.05, 0.1) is 11.2 Å². The molecule has 1 aliphatic heterocycles. The Morgan fingerprint density at radius 1 is 0.459 bits per heavy atom. The molecule has 0 saturated heterocycles. The maximum atomic E-state index is 5.61. The molecule has 1 aromatic heterocycles. The minimum Gasteiger partial charge on any atom is -0.320 e. The Morgan fingerprint density at radius 3 is 1.54 bits per heavy atom. The molecule has 0 N–H and O–H groups in total. The largest absolute Gasteiger partial charge is 0.320 e. The molecule has 9 aromatic rings. The van der Waals surface area contributed by atoms with Crippen LogP contribution in [-0.4, -0.2) is 28.2 Å². The topological polar surface area (TPSA) is 36.1 Å². The number of fused-ring (bicyclic) bond motifs is 8. The van der Waals surface area contributed by atoms with E-state index < -0.39 is 6.29 Å². The number of hydrogen-bond acceptors (Lipinski definition) is 4. The van der Waals surface area contributed by atoms with Gasteiger partial charge in [-0.1, -0.05) is 170 Å². The summed E-state index contributed by atoms with van der Waals surface area (Å²) in [6, 6.07) is 76.6. The fraction of sp³-hybridized carbons (Fsp3) is 0.0714. The predicted molar refractivity (Wildman–Crippen MR) is 250 cm³/mol. The average Bonchev–Trinajstić information content (AvgIpc) is 3.96. The number of hydrogen-bond donors (Lipinski definition) is 0. The van der Waals surface area contributed by atoms with Crippen molar-refractivity contribution in [1.29, 1.82) is 0 Å². The van der Waals surface area contributed by atoms with Crippen LogP contribution in [-0.2, 0) is 0 Å². The van der Waals surface area contributed by atoms with Crippen molar-refractivity contribution in [3.63, 3.8) is 0 Å². The van der Waals surface area contributed by atoms with Crippen LogP contribution in [0.25, 0.3) is 33.3 Å². The SMILES string of the molecule is CN1C(c2ccccc2)=NC(c2ccccc2)=NC1n1c2c(c3cc(N(c4ccccc4)c4ccccc4)ccc31)C(C1c3ccccc3-c3ccccc31)c1ccccc1-2. The van der Waals surface area contributed by atoms with Crippen LogP contribution in [0, 0.1) is 0 Å². The molecule has 290 valence electrons. The summed E-state index contributed by atoms with van der Waals surface area (Å²) in [4.78, 5) is 15.5. The number of aliphatic imine (C=N–C) groups is 2. The van der Waals surface area contributed by atoms with Crippen LogP contribution in [0.5, 0.6) is 0 Å². The molecule has 61 heavy (non-hydrogen) atoms. The van der Waals surface area contributed by atoms with Gasteiger partial charge in [0.2, 0.25) is 6.29 Å². The smallest absolute Gasteiger partial charge is 0.206 e. The number of aromatic nitrogens is 1. The first-order valence-electron chi connectivity index (χ1n) is 21.1. The van der Waals surface area contributed by atoms with Crippen molar-refractivity contribution in [3.8, 4) is 22.4 Å². The Bertz CT molecular complexity index is 3080. The number of benzene rings is 8. The van der Waals surface area contributed by atoms with Gasteiger partial charge in [-0.05, 0) is 75.8 Å². The number of amidine groups is 2. The highest BCUT2D eigenvalue weighted by Crippen LogP contribution is 2.61. The first-order chi connectivity index (χ1) is 30.2. The molecule has 8 aromatic carbocycles. The Morgan fingerprint density at radius 2 is 0.951 bits per heavy atom. The summed E-state index contributed by atoms with van der Waals surface area (Å²) in [5, 5.41) is 1.22. The van der Waals surface area contributed by atoms with E-state index in [-0.39, 0.29) is 11.8 Å². The van der Waals surface area contributed by atoms with Crippen LogP contribution in [0.3, 0.4) is 0 Å². The number of para-hydroxylation sites is 2. The maximum Gasteiger partial charge on any atom is 0.206 e. The van der Waals surface area contributed by atoms with Gasteiger partial charge in [0.15, 0.2) is 5.84 Å². The normalized spacial score (nSPS) is 16.4. The van der Waals surface area contributed by atoms with Gasteiger partial charge in [-0.15, -0.1) is 0 Å². The van der Waals surface area contributed by atoms with E-state index in [1.807, 2.05) is 6.07 Å². The zero-order valence-corrected chi connectivity index (χ0v) is 33.7. The highest BCUT2D eigenvalue weighted by molar-refractivity contribution is 6.13. The summed E-state index contributed by atoms with van der Waals surface area (Å²) in [5.74, 6) is 1.76. The van der Waals surface area contributed by atoms with Crippen LogP contribution >= 0.6 is 0 Å². The van der Waals surface area contributed by atoms with E-state index in [2.05, 4.69) is 228 Å². The van der Waals surface area contributed by atoms with E-state index in [1.165, 1.54) is 50.0 Å². The van der Waals surface area contributed by atoms with Crippen molar-refractivity contribution in [2.24, 2.45) is 9.98 Å². The number of anilines is 3. The molecule has 0 radical (unpaired) electrons. The summed E-state index contributed by atoms with van der Waals surface area (Å²) >= 11 is 0. The van der Waals surface area contributed by atoms with Crippen molar-refractivity contribution in [2.45, 2.75) is 18.1 Å². The third-order valence-electron chi connectivity index (χ3n) is 12.8.